The molecule has 14 aliphatic carbocycles. The quantitative estimate of drug-likeness (QED) is 0.0579. The minimum Gasteiger partial charge on any atom is -0.303 e. The van der Waals surface area contributed by atoms with Crippen molar-refractivity contribution in [2.45, 2.75) is 60.2 Å². The lowest BCUT2D eigenvalue weighted by Crippen LogP contribution is -2.28. The van der Waals surface area contributed by atoms with E-state index < -0.39 is 32.5 Å². The van der Waals surface area contributed by atoms with E-state index in [1.807, 2.05) is 12.1 Å². The van der Waals surface area contributed by atoms with Crippen molar-refractivity contribution in [3.8, 4) is 11.1 Å². The standard InChI is InChI=1S/C82H22N2O3/c85-16-78-14-2-4-18-7-5-17(6-8-18)3-1-13-77(15-83-19-9-11-20(12-10-19)84(86)87)79-69-55-49-38-30-23-21-22-24-29(23)42(49)50-39-31(24)28-33-26(22)35-34-25(21)32-27(30)36-43-51-40(32)45(34)57-58-46(35)41(33)52-44-37(28)48(39)60-64-54(44)66-62(52)72(58)81(78)71(57)61(51)65-53(43)63(59(69)47(36)38)73(79)67-68(76(66)82(78,81)75(65)67)74(64)80(77,79)70(60)56(50)55/h5-12,15-16H,1-4,13-14H2. The Morgan fingerprint density at radius 3 is 0.851 bits per heavy atom. The van der Waals surface area contributed by atoms with Crippen LogP contribution in [0.3, 0.4) is 0 Å². The summed E-state index contributed by atoms with van der Waals surface area (Å²) in [6.45, 7) is 0. The number of hydrogen-bond acceptors (Lipinski definition) is 4. The van der Waals surface area contributed by atoms with Crippen molar-refractivity contribution in [2.75, 3.05) is 0 Å². The van der Waals surface area contributed by atoms with Crippen molar-refractivity contribution in [1.82, 2.24) is 0 Å². The number of rotatable bonds is 4. The van der Waals surface area contributed by atoms with Gasteiger partial charge in [0, 0.05) is 34.6 Å². The van der Waals surface area contributed by atoms with Crippen LogP contribution in [0.5, 0.6) is 0 Å². The number of carbonyl (C=O) groups excluding carboxylic acids is 1. The Kier molecular flexibility index (Phi) is 3.39. The number of nitro groups is 1. The predicted molar refractivity (Wildman–Crippen MR) is 351 cm³/mol. The number of benzene rings is 18. The minimum atomic E-state index is -0.712. The van der Waals surface area contributed by atoms with Crippen molar-refractivity contribution < 1.29 is 9.72 Å². The van der Waals surface area contributed by atoms with Gasteiger partial charge in [0.15, 0.2) is 0 Å². The van der Waals surface area contributed by atoms with Gasteiger partial charge in [0.05, 0.1) is 26.9 Å². The number of carbonyl (C=O) groups is 1. The Morgan fingerprint density at radius 2 is 0.563 bits per heavy atom. The van der Waals surface area contributed by atoms with E-state index in [0.717, 1.165) is 44.2 Å². The summed E-state index contributed by atoms with van der Waals surface area (Å²) >= 11 is 0. The normalized spacial score (nSPS) is 28.8. The molecule has 2 fully saturated rings. The van der Waals surface area contributed by atoms with Gasteiger partial charge >= 0.3 is 0 Å². The van der Waals surface area contributed by atoms with Crippen molar-refractivity contribution >= 4 is 272 Å². The largest absolute Gasteiger partial charge is 0.303 e. The summed E-state index contributed by atoms with van der Waals surface area (Å²) in [5, 5.41) is 84.9. The minimum absolute atomic E-state index is 0.0988. The number of non-ortho nitro benzene ring substituents is 1. The summed E-state index contributed by atoms with van der Waals surface area (Å²) in [7, 11) is 0. The van der Waals surface area contributed by atoms with E-state index in [0.29, 0.717) is 0 Å². The van der Waals surface area contributed by atoms with E-state index in [-0.39, 0.29) is 10.6 Å². The topological polar surface area (TPSA) is 72.6 Å². The van der Waals surface area contributed by atoms with Crippen molar-refractivity contribution in [3.63, 3.8) is 0 Å². The molecule has 40 rings (SSSR count). The second-order valence-electron chi connectivity index (χ2n) is 31.6. The molecule has 4 spiro atoms. The Morgan fingerprint density at radius 1 is 0.322 bits per heavy atom. The maximum atomic E-state index is 16.5. The lowest BCUT2D eigenvalue weighted by Gasteiger charge is -2.34. The average Bonchev–Trinajstić information content (AvgIpc) is 1.35. The molecule has 3 atom stereocenters. The van der Waals surface area contributed by atoms with Crippen LogP contribution in [-0.2, 0) is 39.3 Å². The molecule has 0 radical (unpaired) electrons. The highest BCUT2D eigenvalue weighted by Gasteiger charge is 2.99. The van der Waals surface area contributed by atoms with Gasteiger partial charge in [-0.15, -0.1) is 0 Å². The first-order valence-electron chi connectivity index (χ1n) is 32.4. The molecular weight excluding hydrogens is 1060 g/mol. The smallest absolute Gasteiger partial charge is 0.269 e. The van der Waals surface area contributed by atoms with Gasteiger partial charge in [-0.3, -0.25) is 15.1 Å². The summed E-state index contributed by atoms with van der Waals surface area (Å²) in [5.74, 6) is 0. The Hall–Kier alpha value is -10.1. The highest BCUT2D eigenvalue weighted by Crippen LogP contribution is 3.02. The second-order valence-corrected chi connectivity index (χ2v) is 31.6. The molecule has 26 aromatic carbocycles. The van der Waals surface area contributed by atoms with Gasteiger partial charge in [0.2, 0.25) is 0 Å². The maximum absolute atomic E-state index is 16.5. The highest BCUT2D eigenvalue weighted by atomic mass is 16.6. The van der Waals surface area contributed by atoms with Crippen LogP contribution in [-0.4, -0.2) is 17.4 Å². The van der Waals surface area contributed by atoms with Crippen molar-refractivity contribution in [3.05, 3.63) is 114 Å². The lowest BCUT2D eigenvalue weighted by molar-refractivity contribution is -0.384. The molecule has 2 saturated carbocycles. The molecule has 12 bridgehead atoms. The van der Waals surface area contributed by atoms with Gasteiger partial charge < -0.3 is 4.79 Å². The van der Waals surface area contributed by atoms with E-state index in [1.54, 1.807) is 322 Å². The molecule has 0 heterocycles. The Labute approximate surface area is 480 Å². The third kappa shape index (κ3) is 2.00. The predicted octanol–water partition coefficient (Wildman–Crippen LogP) is 19.7. The summed E-state index contributed by atoms with van der Waals surface area (Å²) in [6.07, 6.45) is 9.93. The fourth-order valence-corrected chi connectivity index (χ4v) is 31.2. The van der Waals surface area contributed by atoms with Crippen LogP contribution in [0.4, 0.5) is 11.4 Å². The first-order valence-corrected chi connectivity index (χ1v) is 32.4. The number of aryl methyl sites for hydroxylation is 2. The van der Waals surface area contributed by atoms with Crippen molar-refractivity contribution in [2.24, 2.45) is 15.8 Å². The molecular formula is C82H22N2O3. The van der Waals surface area contributed by atoms with Gasteiger partial charge in [-0.1, -0.05) is 24.3 Å². The van der Waals surface area contributed by atoms with E-state index in [2.05, 4.69) is 30.5 Å². The van der Waals surface area contributed by atoms with Gasteiger partial charge in [-0.25, -0.2) is 0 Å². The SMILES string of the molecule is O=CC12CCCc3ccc(cc3)CCCC3(C=Nc4ccc([N+](=O)[O-])cc4)C45c6c7c8c9c%10c%11c%12c%13c%14c%15c%16c(c-7c7c%17c%18c(c%19c%20c4c4c6c9c6c%10c9c%12c%10c%12c%13c%13c%15c(c%16%17)c%15c%18c%16c%19c%17c%20c%18c4c6c4c9c%10c6c(c%184)c%17c4c%16c%15c%13c%12c46)C735)C81C%11%142. The Balaban J connectivity index is 0.969. The number of aliphatic imine (C=N–C) groups is 1. The number of hydrogen-bond donors (Lipinski definition) is 0. The van der Waals surface area contributed by atoms with Crippen LogP contribution in [0.1, 0.15) is 81.3 Å². The molecule has 0 aliphatic heterocycles. The van der Waals surface area contributed by atoms with Crippen LogP contribution >= 0.6 is 0 Å². The van der Waals surface area contributed by atoms with Crippen LogP contribution in [0.25, 0.3) is 259 Å². The van der Waals surface area contributed by atoms with Gasteiger partial charge in [-0.05, 0) is 365 Å². The van der Waals surface area contributed by atoms with E-state index >= 15 is 4.79 Å². The maximum Gasteiger partial charge on any atom is 0.269 e. The molecule has 14 aliphatic rings. The number of aldehydes is 1. The number of nitro benzene ring substituents is 1. The zero-order chi connectivity index (χ0) is 53.2. The fourth-order valence-electron chi connectivity index (χ4n) is 31.2. The molecule has 87 heavy (non-hydrogen) atoms. The molecule has 0 amide bonds. The number of nitrogens with zero attached hydrogens (tertiary/aromatic N) is 2. The zero-order valence-electron chi connectivity index (χ0n) is 45.1. The van der Waals surface area contributed by atoms with E-state index in [4.69, 9.17) is 4.99 Å². The van der Waals surface area contributed by atoms with E-state index in [1.165, 1.54) is 11.1 Å². The van der Waals surface area contributed by atoms with E-state index in [9.17, 15) is 10.1 Å². The van der Waals surface area contributed by atoms with Crippen LogP contribution in [0.2, 0.25) is 0 Å². The highest BCUT2D eigenvalue weighted by molar-refractivity contribution is 6.79. The molecule has 0 saturated heterocycles. The summed E-state index contributed by atoms with van der Waals surface area (Å²) in [5.41, 5.74) is 16.3. The summed E-state index contributed by atoms with van der Waals surface area (Å²) in [6, 6.07) is 16.9. The average molecular weight is 1080 g/mol. The van der Waals surface area contributed by atoms with Crippen LogP contribution < -0.4 is 0 Å². The summed E-state index contributed by atoms with van der Waals surface area (Å²) < 4.78 is 0. The third-order valence-electron chi connectivity index (χ3n) is 31.5. The van der Waals surface area contributed by atoms with Gasteiger partial charge in [0.1, 0.15) is 6.29 Å². The lowest BCUT2D eigenvalue weighted by atomic mass is 9.66. The van der Waals surface area contributed by atoms with Crippen molar-refractivity contribution in [1.29, 1.82) is 0 Å². The van der Waals surface area contributed by atoms with Gasteiger partial charge in [-0.2, -0.15) is 0 Å². The zero-order valence-corrected chi connectivity index (χ0v) is 45.1. The molecule has 5 heteroatoms. The Bertz CT molecular complexity index is 7980. The first-order chi connectivity index (χ1) is 43.1. The second kappa shape index (κ2) is 8.34. The monoisotopic (exact) mass is 1080 g/mol. The van der Waals surface area contributed by atoms with Gasteiger partial charge in [0.25, 0.3) is 5.69 Å². The molecule has 378 valence electrons. The molecule has 0 N–H and O–H groups in total. The summed E-state index contributed by atoms with van der Waals surface area (Å²) in [4.78, 5) is 34.5. The fraction of sp³-hybridized carbons (Fsp3) is 0.146. The first kappa shape index (κ1) is 35.4. The van der Waals surface area contributed by atoms with Crippen LogP contribution in [0, 0.1) is 20.9 Å². The molecule has 3 unspecified atom stereocenters. The molecule has 0 aromatic heterocycles. The molecule has 5 nitrogen and oxygen atoms in total. The van der Waals surface area contributed by atoms with Crippen LogP contribution in [0.15, 0.2) is 53.5 Å². The molecule has 26 aromatic rings. The third-order valence-corrected chi connectivity index (χ3v) is 31.5.